The Morgan fingerprint density at radius 3 is 2.74 bits per heavy atom. The second kappa shape index (κ2) is 5.96. The standard InChI is InChI=1S/C17H27NO/c1-5-10-18-15-12-16(17(15,3)4)19-14-9-7-8-13(6-2)11-14/h7-9,11,15-16,18H,5-6,10,12H2,1-4H3. The second-order valence-electron chi connectivity index (χ2n) is 6.17. The SMILES string of the molecule is CCCNC1CC(Oc2cccc(CC)c2)C1(C)C. The molecule has 1 aromatic rings. The Labute approximate surface area is 117 Å². The molecule has 0 radical (unpaired) electrons. The number of hydrogen-bond acceptors (Lipinski definition) is 2. The highest BCUT2D eigenvalue weighted by Crippen LogP contribution is 2.43. The average Bonchev–Trinajstić information content (AvgIpc) is 2.42. The fourth-order valence-corrected chi connectivity index (χ4v) is 2.75. The van der Waals surface area contributed by atoms with Crippen molar-refractivity contribution in [3.63, 3.8) is 0 Å². The minimum atomic E-state index is 0.220. The molecule has 0 heterocycles. The summed E-state index contributed by atoms with van der Waals surface area (Å²) in [5.74, 6) is 1.02. The lowest BCUT2D eigenvalue weighted by Gasteiger charge is -2.51. The van der Waals surface area contributed by atoms with Crippen molar-refractivity contribution in [3.8, 4) is 5.75 Å². The molecule has 19 heavy (non-hydrogen) atoms. The van der Waals surface area contributed by atoms with Crippen molar-refractivity contribution in [1.82, 2.24) is 5.32 Å². The van der Waals surface area contributed by atoms with E-state index in [0.29, 0.717) is 12.1 Å². The smallest absolute Gasteiger partial charge is 0.120 e. The lowest BCUT2D eigenvalue weighted by molar-refractivity contribution is -0.0546. The Morgan fingerprint density at radius 1 is 1.32 bits per heavy atom. The summed E-state index contributed by atoms with van der Waals surface area (Å²) in [6.45, 7) is 10.1. The number of aryl methyl sites for hydroxylation is 1. The summed E-state index contributed by atoms with van der Waals surface area (Å²) in [7, 11) is 0. The van der Waals surface area contributed by atoms with Crippen LogP contribution in [0.1, 0.15) is 46.1 Å². The minimum Gasteiger partial charge on any atom is -0.490 e. The third kappa shape index (κ3) is 3.11. The third-order valence-corrected chi connectivity index (χ3v) is 4.40. The van der Waals surface area contributed by atoms with Crippen molar-refractivity contribution in [2.24, 2.45) is 5.41 Å². The van der Waals surface area contributed by atoms with Gasteiger partial charge in [-0.3, -0.25) is 0 Å². The number of benzene rings is 1. The predicted molar refractivity (Wildman–Crippen MR) is 80.7 cm³/mol. The third-order valence-electron chi connectivity index (χ3n) is 4.40. The van der Waals surface area contributed by atoms with Gasteiger partial charge in [0.25, 0.3) is 0 Å². The fraction of sp³-hybridized carbons (Fsp3) is 0.647. The molecular formula is C17H27NO. The summed E-state index contributed by atoms with van der Waals surface area (Å²) in [4.78, 5) is 0. The van der Waals surface area contributed by atoms with Crippen LogP contribution in [-0.4, -0.2) is 18.7 Å². The van der Waals surface area contributed by atoms with E-state index in [-0.39, 0.29) is 5.41 Å². The van der Waals surface area contributed by atoms with Gasteiger partial charge in [-0.1, -0.05) is 39.8 Å². The van der Waals surface area contributed by atoms with Gasteiger partial charge >= 0.3 is 0 Å². The van der Waals surface area contributed by atoms with E-state index >= 15 is 0 Å². The lowest BCUT2D eigenvalue weighted by atomic mass is 9.64. The molecule has 2 atom stereocenters. The molecule has 2 rings (SSSR count). The van der Waals surface area contributed by atoms with Gasteiger partial charge in [0.2, 0.25) is 0 Å². The van der Waals surface area contributed by atoms with Gasteiger partial charge in [-0.25, -0.2) is 0 Å². The average molecular weight is 261 g/mol. The van der Waals surface area contributed by atoms with Crippen molar-refractivity contribution >= 4 is 0 Å². The quantitative estimate of drug-likeness (QED) is 0.841. The van der Waals surface area contributed by atoms with Gasteiger partial charge < -0.3 is 10.1 Å². The zero-order valence-corrected chi connectivity index (χ0v) is 12.7. The van der Waals surface area contributed by atoms with Crippen LogP contribution < -0.4 is 10.1 Å². The molecule has 1 fully saturated rings. The predicted octanol–water partition coefficient (Wildman–Crippen LogP) is 3.79. The molecule has 1 N–H and O–H groups in total. The Bertz CT molecular complexity index is 413. The molecule has 1 aromatic carbocycles. The first-order valence-electron chi connectivity index (χ1n) is 7.57. The maximum absolute atomic E-state index is 6.18. The highest BCUT2D eigenvalue weighted by atomic mass is 16.5. The zero-order valence-electron chi connectivity index (χ0n) is 12.7. The van der Waals surface area contributed by atoms with E-state index in [1.165, 1.54) is 12.0 Å². The van der Waals surface area contributed by atoms with E-state index in [9.17, 15) is 0 Å². The highest BCUT2D eigenvalue weighted by molar-refractivity contribution is 5.29. The number of ether oxygens (including phenoxy) is 1. The fourth-order valence-electron chi connectivity index (χ4n) is 2.75. The first-order chi connectivity index (χ1) is 9.07. The van der Waals surface area contributed by atoms with Crippen LogP contribution in [0.2, 0.25) is 0 Å². The first-order valence-corrected chi connectivity index (χ1v) is 7.57. The molecule has 1 aliphatic carbocycles. The highest BCUT2D eigenvalue weighted by Gasteiger charge is 2.49. The van der Waals surface area contributed by atoms with Gasteiger partial charge in [-0.05, 0) is 37.1 Å². The van der Waals surface area contributed by atoms with E-state index in [4.69, 9.17) is 4.74 Å². The molecular weight excluding hydrogens is 234 g/mol. The molecule has 0 spiro atoms. The van der Waals surface area contributed by atoms with Crippen molar-refractivity contribution in [3.05, 3.63) is 29.8 Å². The summed E-state index contributed by atoms with van der Waals surface area (Å²) < 4.78 is 6.18. The topological polar surface area (TPSA) is 21.3 Å². The molecule has 1 aliphatic rings. The van der Waals surface area contributed by atoms with E-state index in [1.54, 1.807) is 0 Å². The van der Waals surface area contributed by atoms with E-state index < -0.39 is 0 Å². The summed E-state index contributed by atoms with van der Waals surface area (Å²) in [6.07, 6.45) is 3.69. The summed E-state index contributed by atoms with van der Waals surface area (Å²) in [5.41, 5.74) is 1.56. The van der Waals surface area contributed by atoms with Gasteiger partial charge in [0.15, 0.2) is 0 Å². The van der Waals surface area contributed by atoms with Crippen molar-refractivity contribution in [2.75, 3.05) is 6.54 Å². The maximum Gasteiger partial charge on any atom is 0.120 e. The normalized spacial score (nSPS) is 24.8. The molecule has 0 aliphatic heterocycles. The van der Waals surface area contributed by atoms with E-state index in [2.05, 4.69) is 57.3 Å². The zero-order chi connectivity index (χ0) is 13.9. The molecule has 2 unspecified atom stereocenters. The summed E-state index contributed by atoms with van der Waals surface area (Å²) in [6, 6.07) is 9.08. The van der Waals surface area contributed by atoms with Crippen LogP contribution in [-0.2, 0) is 6.42 Å². The molecule has 0 amide bonds. The van der Waals surface area contributed by atoms with Gasteiger partial charge in [-0.2, -0.15) is 0 Å². The molecule has 0 saturated heterocycles. The Morgan fingerprint density at radius 2 is 2.11 bits per heavy atom. The van der Waals surface area contributed by atoms with Crippen LogP contribution in [0, 0.1) is 5.41 Å². The lowest BCUT2D eigenvalue weighted by Crippen LogP contribution is -2.62. The van der Waals surface area contributed by atoms with Gasteiger partial charge in [0.05, 0.1) is 0 Å². The van der Waals surface area contributed by atoms with Crippen LogP contribution in [0.15, 0.2) is 24.3 Å². The van der Waals surface area contributed by atoms with Gasteiger partial charge in [0, 0.05) is 17.9 Å². The van der Waals surface area contributed by atoms with Gasteiger partial charge in [0.1, 0.15) is 11.9 Å². The van der Waals surface area contributed by atoms with Crippen LogP contribution in [0.3, 0.4) is 0 Å². The molecule has 1 saturated carbocycles. The summed E-state index contributed by atoms with van der Waals surface area (Å²) in [5, 5.41) is 3.62. The number of hydrogen-bond donors (Lipinski definition) is 1. The second-order valence-corrected chi connectivity index (χ2v) is 6.17. The van der Waals surface area contributed by atoms with E-state index in [0.717, 1.165) is 25.1 Å². The molecule has 0 bridgehead atoms. The van der Waals surface area contributed by atoms with Crippen LogP contribution in [0.4, 0.5) is 0 Å². The largest absolute Gasteiger partial charge is 0.490 e. The number of rotatable bonds is 6. The first kappa shape index (κ1) is 14.4. The van der Waals surface area contributed by atoms with Crippen molar-refractivity contribution in [2.45, 2.75) is 59.1 Å². The molecule has 0 aromatic heterocycles. The van der Waals surface area contributed by atoms with Crippen LogP contribution in [0.5, 0.6) is 5.75 Å². The Kier molecular flexibility index (Phi) is 4.51. The Hall–Kier alpha value is -1.02. The van der Waals surface area contributed by atoms with E-state index in [1.807, 2.05) is 0 Å². The minimum absolute atomic E-state index is 0.220. The number of nitrogens with one attached hydrogen (secondary N) is 1. The molecule has 106 valence electrons. The maximum atomic E-state index is 6.18. The summed E-state index contributed by atoms with van der Waals surface area (Å²) >= 11 is 0. The van der Waals surface area contributed by atoms with Crippen molar-refractivity contribution < 1.29 is 4.74 Å². The Balaban J connectivity index is 1.94. The van der Waals surface area contributed by atoms with Crippen LogP contribution >= 0.6 is 0 Å². The monoisotopic (exact) mass is 261 g/mol. The van der Waals surface area contributed by atoms with Crippen LogP contribution in [0.25, 0.3) is 0 Å². The van der Waals surface area contributed by atoms with Crippen molar-refractivity contribution in [1.29, 1.82) is 0 Å². The molecule has 2 nitrogen and oxygen atoms in total. The van der Waals surface area contributed by atoms with Gasteiger partial charge in [-0.15, -0.1) is 0 Å². The molecule has 2 heteroatoms.